The molecule has 7 heteroatoms. The maximum Gasteiger partial charge on any atom is 0.191 e. The first-order valence-electron chi connectivity index (χ1n) is 9.66. The van der Waals surface area contributed by atoms with E-state index >= 15 is 0 Å². The highest BCUT2D eigenvalue weighted by Gasteiger charge is 2.58. The number of nitrogens with zero attached hydrogens (tertiary/aromatic N) is 2. The summed E-state index contributed by atoms with van der Waals surface area (Å²) in [4.78, 5) is 7.02. The van der Waals surface area contributed by atoms with Gasteiger partial charge in [0, 0.05) is 51.3 Å². The molecule has 1 aliphatic carbocycles. The van der Waals surface area contributed by atoms with Crippen LogP contribution in [0.25, 0.3) is 0 Å². The number of ether oxygens (including phenoxy) is 1. The summed E-state index contributed by atoms with van der Waals surface area (Å²) in [5, 5.41) is 11.7. The number of halogens is 1. The van der Waals surface area contributed by atoms with E-state index in [2.05, 4.69) is 58.1 Å². The molecule has 0 bridgehead atoms. The summed E-state index contributed by atoms with van der Waals surface area (Å²) >= 11 is 1.78. The average Bonchev–Trinajstić information content (AvgIpc) is 3.14. The molecule has 2 fully saturated rings. The van der Waals surface area contributed by atoms with Crippen molar-refractivity contribution in [2.75, 3.05) is 27.2 Å². The molecule has 3 rings (SSSR count). The minimum Gasteiger partial charge on any atom is -0.378 e. The van der Waals surface area contributed by atoms with E-state index in [9.17, 15) is 0 Å². The van der Waals surface area contributed by atoms with Crippen molar-refractivity contribution >= 4 is 41.3 Å². The molecular weight excluding hydrogens is 471 g/mol. The average molecular weight is 506 g/mol. The summed E-state index contributed by atoms with van der Waals surface area (Å²) < 4.78 is 5.73. The van der Waals surface area contributed by atoms with Crippen LogP contribution >= 0.6 is 35.3 Å². The Hall–Kier alpha value is -0.380. The van der Waals surface area contributed by atoms with Crippen molar-refractivity contribution in [2.24, 2.45) is 10.4 Å². The molecule has 1 aromatic rings. The number of hydrogen-bond acceptors (Lipinski definition) is 4. The zero-order chi connectivity index (χ0) is 18.8. The third-order valence-corrected chi connectivity index (χ3v) is 7.46. The lowest BCUT2D eigenvalue weighted by atomic mass is 9.56. The normalized spacial score (nSPS) is 28.9. The third-order valence-electron chi connectivity index (χ3n) is 6.73. The summed E-state index contributed by atoms with van der Waals surface area (Å²) in [6.07, 6.45) is 3.33. The van der Waals surface area contributed by atoms with Gasteiger partial charge in [0.2, 0.25) is 0 Å². The predicted octanol–water partition coefficient (Wildman–Crippen LogP) is 3.70. The number of hydrogen-bond donors (Lipinski definition) is 2. The highest BCUT2D eigenvalue weighted by molar-refractivity contribution is 14.0. The number of rotatable bonds is 5. The summed E-state index contributed by atoms with van der Waals surface area (Å²) in [6.45, 7) is 10.1. The second-order valence-corrected chi connectivity index (χ2v) is 9.24. The van der Waals surface area contributed by atoms with E-state index in [4.69, 9.17) is 4.74 Å². The van der Waals surface area contributed by atoms with Crippen molar-refractivity contribution < 1.29 is 4.74 Å². The molecule has 1 saturated heterocycles. The van der Waals surface area contributed by atoms with E-state index in [-0.39, 0.29) is 35.0 Å². The molecule has 2 atom stereocenters. The molecule has 0 radical (unpaired) electrons. The van der Waals surface area contributed by atoms with Crippen LogP contribution in [0.4, 0.5) is 0 Å². The Morgan fingerprint density at radius 1 is 1.30 bits per heavy atom. The van der Waals surface area contributed by atoms with Gasteiger partial charge in [-0.15, -0.1) is 24.0 Å². The SMILES string of the molecule is CN=C(NC1CCN(Cc2ccsc2)CC1)NC1CC(C)(OC)C1(C)C.I. The molecule has 1 aliphatic heterocycles. The van der Waals surface area contributed by atoms with Gasteiger partial charge in [-0.25, -0.2) is 0 Å². The molecule has 154 valence electrons. The maximum atomic E-state index is 5.73. The van der Waals surface area contributed by atoms with Gasteiger partial charge in [0.1, 0.15) is 0 Å². The van der Waals surface area contributed by atoms with Gasteiger partial charge >= 0.3 is 0 Å². The summed E-state index contributed by atoms with van der Waals surface area (Å²) in [5.74, 6) is 0.928. The van der Waals surface area contributed by atoms with E-state index < -0.39 is 0 Å². The van der Waals surface area contributed by atoms with Crippen LogP contribution in [0.3, 0.4) is 0 Å². The van der Waals surface area contributed by atoms with Gasteiger partial charge in [-0.1, -0.05) is 13.8 Å². The highest BCUT2D eigenvalue weighted by atomic mass is 127. The lowest BCUT2D eigenvalue weighted by Gasteiger charge is -2.59. The zero-order valence-corrected chi connectivity index (χ0v) is 20.4. The van der Waals surface area contributed by atoms with Gasteiger partial charge in [-0.05, 0) is 48.6 Å². The van der Waals surface area contributed by atoms with Crippen LogP contribution in [-0.4, -0.2) is 55.8 Å². The van der Waals surface area contributed by atoms with E-state index in [1.165, 1.54) is 5.56 Å². The van der Waals surface area contributed by atoms with Crippen molar-refractivity contribution in [3.63, 3.8) is 0 Å². The molecule has 2 aliphatic rings. The van der Waals surface area contributed by atoms with Crippen LogP contribution in [0.5, 0.6) is 0 Å². The van der Waals surface area contributed by atoms with Crippen molar-refractivity contribution in [2.45, 2.75) is 64.3 Å². The van der Waals surface area contributed by atoms with Gasteiger partial charge in [-0.3, -0.25) is 9.89 Å². The Balaban J connectivity index is 0.00000261. The molecule has 0 spiro atoms. The second-order valence-electron chi connectivity index (χ2n) is 8.46. The van der Waals surface area contributed by atoms with Gasteiger partial charge in [0.05, 0.1) is 5.60 Å². The number of thiophene rings is 1. The molecule has 1 saturated carbocycles. The Labute approximate surface area is 185 Å². The Morgan fingerprint density at radius 2 is 2.00 bits per heavy atom. The number of nitrogens with one attached hydrogen (secondary N) is 2. The second kappa shape index (κ2) is 9.41. The van der Waals surface area contributed by atoms with Gasteiger partial charge in [0.15, 0.2) is 5.96 Å². The van der Waals surface area contributed by atoms with Crippen LogP contribution < -0.4 is 10.6 Å². The molecule has 0 aromatic carbocycles. The van der Waals surface area contributed by atoms with Crippen LogP contribution in [0.2, 0.25) is 0 Å². The first-order valence-corrected chi connectivity index (χ1v) is 10.6. The molecule has 2 unspecified atom stereocenters. The molecule has 2 heterocycles. The fraction of sp³-hybridized carbons (Fsp3) is 0.750. The highest BCUT2D eigenvalue weighted by Crippen LogP contribution is 2.51. The van der Waals surface area contributed by atoms with E-state index in [0.717, 1.165) is 44.9 Å². The largest absolute Gasteiger partial charge is 0.378 e. The zero-order valence-electron chi connectivity index (χ0n) is 17.2. The monoisotopic (exact) mass is 506 g/mol. The fourth-order valence-corrected chi connectivity index (χ4v) is 4.79. The molecule has 0 amide bonds. The number of methoxy groups -OCH3 is 1. The molecule has 5 nitrogen and oxygen atoms in total. The standard InChI is InChI=1S/C20H34N4OS.HI/c1-19(2)17(12-20(19,3)25-5)23-18(21-4)22-16-6-9-24(10-7-16)13-15-8-11-26-14-15;/h8,11,14,16-17H,6-7,9-10,12-13H2,1-5H3,(H2,21,22,23);1H. The number of aliphatic imine (C=N–C) groups is 1. The molecule has 2 N–H and O–H groups in total. The molecule has 27 heavy (non-hydrogen) atoms. The van der Waals surface area contributed by atoms with E-state index in [1.807, 2.05) is 14.2 Å². The Bertz CT molecular complexity index is 614. The number of piperidine rings is 1. The van der Waals surface area contributed by atoms with Gasteiger partial charge in [-0.2, -0.15) is 11.3 Å². The summed E-state index contributed by atoms with van der Waals surface area (Å²) in [5.41, 5.74) is 1.46. The summed E-state index contributed by atoms with van der Waals surface area (Å²) in [6, 6.07) is 3.11. The van der Waals surface area contributed by atoms with E-state index in [1.54, 1.807) is 11.3 Å². The van der Waals surface area contributed by atoms with Crippen LogP contribution in [0, 0.1) is 5.41 Å². The van der Waals surface area contributed by atoms with Crippen molar-refractivity contribution in [1.82, 2.24) is 15.5 Å². The first-order chi connectivity index (χ1) is 12.4. The predicted molar refractivity (Wildman–Crippen MR) is 125 cm³/mol. The lowest BCUT2D eigenvalue weighted by Crippen LogP contribution is -2.69. The van der Waals surface area contributed by atoms with Crippen LogP contribution in [-0.2, 0) is 11.3 Å². The van der Waals surface area contributed by atoms with Crippen molar-refractivity contribution in [1.29, 1.82) is 0 Å². The van der Waals surface area contributed by atoms with Crippen LogP contribution in [0.15, 0.2) is 21.8 Å². The quantitative estimate of drug-likeness (QED) is 0.364. The topological polar surface area (TPSA) is 48.9 Å². The lowest BCUT2D eigenvalue weighted by molar-refractivity contribution is -0.176. The minimum atomic E-state index is -0.0590. The van der Waals surface area contributed by atoms with Gasteiger partial charge < -0.3 is 15.4 Å². The first kappa shape index (κ1) is 22.9. The molecule has 1 aromatic heterocycles. The van der Waals surface area contributed by atoms with Crippen molar-refractivity contribution in [3.8, 4) is 0 Å². The van der Waals surface area contributed by atoms with Crippen molar-refractivity contribution in [3.05, 3.63) is 22.4 Å². The fourth-order valence-electron chi connectivity index (χ4n) is 4.13. The smallest absolute Gasteiger partial charge is 0.191 e. The number of likely N-dealkylation sites (tertiary alicyclic amines) is 1. The Morgan fingerprint density at radius 3 is 2.52 bits per heavy atom. The molecular formula is C20H35IN4OS. The van der Waals surface area contributed by atoms with E-state index in [0.29, 0.717) is 12.1 Å². The maximum absolute atomic E-state index is 5.73. The summed E-state index contributed by atoms with van der Waals surface area (Å²) in [7, 11) is 3.68. The third kappa shape index (κ3) is 4.97. The van der Waals surface area contributed by atoms with Crippen LogP contribution in [0.1, 0.15) is 45.6 Å². The van der Waals surface area contributed by atoms with Gasteiger partial charge in [0.25, 0.3) is 0 Å². The number of guanidine groups is 1. The minimum absolute atomic E-state index is 0. The Kier molecular flexibility index (Phi) is 7.98.